The van der Waals surface area contributed by atoms with E-state index in [-0.39, 0.29) is 28.7 Å². The number of carbonyl (C=O) groups is 2. The van der Waals surface area contributed by atoms with E-state index in [9.17, 15) is 18.0 Å². The molecular formula is C29H25ClN2O5S2. The highest BCUT2D eigenvalue weighted by Crippen LogP contribution is 2.38. The van der Waals surface area contributed by atoms with Gasteiger partial charge in [-0.25, -0.2) is 13.2 Å². The second-order valence-corrected chi connectivity index (χ2v) is 12.2. The summed E-state index contributed by atoms with van der Waals surface area (Å²) in [5.41, 5.74) is 3.32. The van der Waals surface area contributed by atoms with Crippen molar-refractivity contribution in [2.75, 3.05) is 16.2 Å². The van der Waals surface area contributed by atoms with Gasteiger partial charge in [-0.3, -0.25) is 9.10 Å². The van der Waals surface area contributed by atoms with Crippen molar-refractivity contribution in [3.8, 4) is 11.1 Å². The third kappa shape index (κ3) is 5.17. The molecule has 0 radical (unpaired) electrons. The van der Waals surface area contributed by atoms with Crippen LogP contribution in [0.15, 0.2) is 83.1 Å². The lowest BCUT2D eigenvalue weighted by atomic mass is 10.0. The van der Waals surface area contributed by atoms with Crippen molar-refractivity contribution < 1.29 is 22.7 Å². The molecule has 200 valence electrons. The van der Waals surface area contributed by atoms with Gasteiger partial charge in [0.15, 0.2) is 0 Å². The topological polar surface area (TPSA) is 92.8 Å². The fourth-order valence-corrected chi connectivity index (χ4v) is 7.51. The maximum Gasteiger partial charge on any atom is 0.341 e. The Morgan fingerprint density at radius 1 is 1.08 bits per heavy atom. The minimum atomic E-state index is -3.92. The first-order valence-corrected chi connectivity index (χ1v) is 15.0. The zero-order valence-corrected chi connectivity index (χ0v) is 23.6. The van der Waals surface area contributed by atoms with Crippen LogP contribution in [0.2, 0.25) is 5.02 Å². The first-order chi connectivity index (χ1) is 18.7. The fourth-order valence-electron chi connectivity index (χ4n) is 4.69. The third-order valence-electron chi connectivity index (χ3n) is 6.45. The van der Waals surface area contributed by atoms with E-state index in [4.69, 9.17) is 16.3 Å². The lowest BCUT2D eigenvalue weighted by Gasteiger charge is -2.24. The quantitative estimate of drug-likeness (QED) is 0.247. The lowest BCUT2D eigenvalue weighted by Crippen LogP contribution is -2.35. The van der Waals surface area contributed by atoms with Crippen LogP contribution in [0.5, 0.6) is 0 Å². The fraction of sp³-hybridized carbons (Fsp3) is 0.172. The highest BCUT2D eigenvalue weighted by atomic mass is 35.5. The molecule has 1 aliphatic rings. The van der Waals surface area contributed by atoms with Crippen LogP contribution in [0.25, 0.3) is 11.1 Å². The average Bonchev–Trinajstić information content (AvgIpc) is 3.49. The summed E-state index contributed by atoms with van der Waals surface area (Å²) in [6, 6.07) is 20.1. The smallest absolute Gasteiger partial charge is 0.341 e. The molecule has 3 aromatic carbocycles. The first-order valence-electron chi connectivity index (χ1n) is 12.3. The summed E-state index contributed by atoms with van der Waals surface area (Å²) in [6.07, 6.45) is 0.612. The molecule has 0 spiro atoms. The van der Waals surface area contributed by atoms with Gasteiger partial charge in [0.2, 0.25) is 0 Å². The van der Waals surface area contributed by atoms with Crippen molar-refractivity contribution in [1.82, 2.24) is 0 Å². The second kappa shape index (κ2) is 10.8. The number of thiophene rings is 1. The van der Waals surface area contributed by atoms with Gasteiger partial charge in [0, 0.05) is 27.6 Å². The Kier molecular flexibility index (Phi) is 7.48. The van der Waals surface area contributed by atoms with E-state index in [0.717, 1.165) is 11.1 Å². The second-order valence-electron chi connectivity index (χ2n) is 9.05. The predicted octanol–water partition coefficient (Wildman–Crippen LogP) is 6.64. The maximum atomic E-state index is 13.7. The molecule has 1 aliphatic heterocycles. The molecule has 1 aromatic heterocycles. The van der Waals surface area contributed by atoms with Crippen LogP contribution in [0, 0.1) is 0 Å². The minimum Gasteiger partial charge on any atom is -0.462 e. The van der Waals surface area contributed by atoms with Crippen LogP contribution >= 0.6 is 22.9 Å². The molecule has 4 aromatic rings. The molecule has 0 unspecified atom stereocenters. The molecule has 0 saturated carbocycles. The Morgan fingerprint density at radius 3 is 2.56 bits per heavy atom. The van der Waals surface area contributed by atoms with Crippen molar-refractivity contribution in [3.63, 3.8) is 0 Å². The summed E-state index contributed by atoms with van der Waals surface area (Å²) >= 11 is 7.20. The monoisotopic (exact) mass is 580 g/mol. The summed E-state index contributed by atoms with van der Waals surface area (Å²) in [4.78, 5) is 26.2. The van der Waals surface area contributed by atoms with Crippen molar-refractivity contribution >= 4 is 55.5 Å². The zero-order chi connectivity index (χ0) is 27.7. The molecule has 1 atom stereocenters. The summed E-state index contributed by atoms with van der Waals surface area (Å²) < 4.78 is 34.0. The summed E-state index contributed by atoms with van der Waals surface area (Å²) in [5.74, 6) is -1.12. The maximum absolute atomic E-state index is 13.7. The van der Waals surface area contributed by atoms with Crippen molar-refractivity contribution in [3.05, 3.63) is 99.9 Å². The van der Waals surface area contributed by atoms with Gasteiger partial charge in [0.1, 0.15) is 10.6 Å². The van der Waals surface area contributed by atoms with Crippen LogP contribution in [0.4, 0.5) is 10.7 Å². The standard InChI is InChI=1S/C29H25ClN2O5S2/c1-3-37-29(34)26-24(19-11-13-22(30)14-12-19)17-38-28(26)31-27(33)21-8-6-9-23(16-21)39(35,36)32-18(2)15-20-7-4-5-10-25(20)32/h4-14,16-18H,3,15H2,1-2H3,(H,31,33)/t18-/m1/s1. The van der Waals surface area contributed by atoms with Crippen molar-refractivity contribution in [2.24, 2.45) is 0 Å². The van der Waals surface area contributed by atoms with Crippen molar-refractivity contribution in [1.29, 1.82) is 0 Å². The van der Waals surface area contributed by atoms with Gasteiger partial charge in [-0.05, 0) is 67.8 Å². The van der Waals surface area contributed by atoms with Gasteiger partial charge >= 0.3 is 5.97 Å². The molecule has 10 heteroatoms. The van der Waals surface area contributed by atoms with Crippen molar-refractivity contribution in [2.45, 2.75) is 31.2 Å². The summed E-state index contributed by atoms with van der Waals surface area (Å²) in [6.45, 7) is 3.73. The largest absolute Gasteiger partial charge is 0.462 e. The number of carbonyl (C=O) groups excluding carboxylic acids is 2. The third-order valence-corrected chi connectivity index (χ3v) is 9.52. The van der Waals surface area contributed by atoms with E-state index in [1.165, 1.54) is 39.9 Å². The number of amides is 1. The Morgan fingerprint density at radius 2 is 1.82 bits per heavy atom. The molecule has 7 nitrogen and oxygen atoms in total. The van der Waals surface area contributed by atoms with E-state index in [1.54, 1.807) is 42.6 Å². The normalized spacial score (nSPS) is 14.6. The van der Waals surface area contributed by atoms with Crippen LogP contribution in [0.3, 0.4) is 0 Å². The van der Waals surface area contributed by atoms with Gasteiger partial charge in [0.25, 0.3) is 15.9 Å². The van der Waals surface area contributed by atoms with Gasteiger partial charge in [-0.2, -0.15) is 0 Å². The number of halogens is 1. The number of rotatable bonds is 7. The van der Waals surface area contributed by atoms with Crippen LogP contribution < -0.4 is 9.62 Å². The summed E-state index contributed by atoms with van der Waals surface area (Å²) in [5, 5.41) is 5.41. The van der Waals surface area contributed by atoms with E-state index in [1.807, 2.05) is 25.1 Å². The Labute approximate surface area is 236 Å². The molecule has 0 aliphatic carbocycles. The first kappa shape index (κ1) is 26.9. The Balaban J connectivity index is 1.46. The molecule has 5 rings (SSSR count). The van der Waals surface area contributed by atoms with E-state index in [0.29, 0.717) is 27.7 Å². The van der Waals surface area contributed by atoms with Crippen LogP contribution in [-0.2, 0) is 21.2 Å². The van der Waals surface area contributed by atoms with Gasteiger partial charge in [-0.15, -0.1) is 11.3 Å². The molecule has 1 amide bonds. The average molecular weight is 581 g/mol. The number of ether oxygens (including phenoxy) is 1. The molecule has 2 heterocycles. The van der Waals surface area contributed by atoms with Crippen LogP contribution in [0.1, 0.15) is 40.1 Å². The molecule has 0 saturated heterocycles. The zero-order valence-electron chi connectivity index (χ0n) is 21.2. The highest BCUT2D eigenvalue weighted by Gasteiger charge is 2.36. The molecule has 0 bridgehead atoms. The van der Waals surface area contributed by atoms with E-state index >= 15 is 0 Å². The van der Waals surface area contributed by atoms with Gasteiger partial charge in [0.05, 0.1) is 17.2 Å². The van der Waals surface area contributed by atoms with Crippen LogP contribution in [-0.4, -0.2) is 32.9 Å². The van der Waals surface area contributed by atoms with Gasteiger partial charge < -0.3 is 10.1 Å². The Hall–Kier alpha value is -3.66. The number of para-hydroxylation sites is 1. The number of hydrogen-bond acceptors (Lipinski definition) is 6. The lowest BCUT2D eigenvalue weighted by molar-refractivity contribution is 0.0529. The minimum absolute atomic E-state index is 0.0114. The number of anilines is 2. The predicted molar refractivity (Wildman–Crippen MR) is 154 cm³/mol. The molecule has 39 heavy (non-hydrogen) atoms. The number of fused-ring (bicyclic) bond motifs is 1. The number of hydrogen-bond donors (Lipinski definition) is 1. The molecule has 0 fully saturated rings. The number of benzene rings is 3. The molecular weight excluding hydrogens is 556 g/mol. The van der Waals surface area contributed by atoms with Gasteiger partial charge in [-0.1, -0.05) is 48.0 Å². The SMILES string of the molecule is CCOC(=O)c1c(-c2ccc(Cl)cc2)csc1NC(=O)c1cccc(S(=O)(=O)N2c3ccccc3C[C@H]2C)c1. The number of nitrogens with zero attached hydrogens (tertiary/aromatic N) is 1. The number of esters is 1. The number of nitrogens with one attached hydrogen (secondary N) is 1. The van der Waals surface area contributed by atoms with E-state index < -0.39 is 21.9 Å². The Bertz CT molecular complexity index is 1670. The number of sulfonamides is 1. The summed E-state index contributed by atoms with van der Waals surface area (Å²) in [7, 11) is -3.92. The molecule has 1 N–H and O–H groups in total. The highest BCUT2D eigenvalue weighted by molar-refractivity contribution is 7.92. The van der Waals surface area contributed by atoms with E-state index in [2.05, 4.69) is 5.32 Å².